The van der Waals surface area contributed by atoms with Gasteiger partial charge in [0, 0.05) is 0 Å². The van der Waals surface area contributed by atoms with Crippen molar-refractivity contribution in [2.45, 2.75) is 70.8 Å². The Morgan fingerprint density at radius 3 is 2.46 bits per heavy atom. The van der Waals surface area contributed by atoms with Gasteiger partial charge in [0.05, 0.1) is 6.10 Å². The Bertz CT molecular complexity index is 116. The van der Waals surface area contributed by atoms with Crippen LogP contribution in [0.5, 0.6) is 0 Å². The number of aliphatic hydroxyl groups excluding tert-OH is 1. The van der Waals surface area contributed by atoms with Crippen molar-refractivity contribution in [2.24, 2.45) is 5.92 Å². The summed E-state index contributed by atoms with van der Waals surface area (Å²) in [5.41, 5.74) is 0. The summed E-state index contributed by atoms with van der Waals surface area (Å²) in [6.45, 7) is 2.23. The zero-order valence-electron chi connectivity index (χ0n) is 8.97. The van der Waals surface area contributed by atoms with Gasteiger partial charge in [0.15, 0.2) is 0 Å². The predicted molar refractivity (Wildman–Crippen MR) is 56.7 cm³/mol. The largest absolute Gasteiger partial charge is 0.393 e. The molecule has 0 amide bonds. The second-order valence-corrected chi connectivity index (χ2v) is 4.46. The molecule has 1 aliphatic carbocycles. The van der Waals surface area contributed by atoms with E-state index in [1.807, 2.05) is 0 Å². The molecule has 78 valence electrons. The average Bonchev–Trinajstić information content (AvgIpc) is 2.65. The molecule has 1 nitrogen and oxygen atoms in total. The molecule has 0 aromatic carbocycles. The molecule has 1 fully saturated rings. The molecule has 1 rings (SSSR count). The van der Waals surface area contributed by atoms with E-state index < -0.39 is 0 Å². The van der Waals surface area contributed by atoms with E-state index in [0.29, 0.717) is 5.92 Å². The second-order valence-electron chi connectivity index (χ2n) is 4.46. The topological polar surface area (TPSA) is 20.2 Å². The van der Waals surface area contributed by atoms with E-state index in [-0.39, 0.29) is 6.10 Å². The first-order valence-corrected chi connectivity index (χ1v) is 6.02. The van der Waals surface area contributed by atoms with E-state index in [2.05, 4.69) is 6.92 Å². The van der Waals surface area contributed by atoms with Gasteiger partial charge in [-0.2, -0.15) is 0 Å². The zero-order valence-corrected chi connectivity index (χ0v) is 8.97. The third kappa shape index (κ3) is 4.12. The van der Waals surface area contributed by atoms with Crippen LogP contribution < -0.4 is 0 Å². The van der Waals surface area contributed by atoms with E-state index in [1.54, 1.807) is 0 Å². The van der Waals surface area contributed by atoms with Crippen molar-refractivity contribution in [2.75, 3.05) is 0 Å². The molecule has 0 aliphatic heterocycles. The quantitative estimate of drug-likeness (QED) is 0.626. The number of rotatable bonds is 6. The van der Waals surface area contributed by atoms with Gasteiger partial charge in [-0.05, 0) is 25.2 Å². The third-order valence-electron chi connectivity index (χ3n) is 3.30. The summed E-state index contributed by atoms with van der Waals surface area (Å²) in [5, 5.41) is 9.85. The van der Waals surface area contributed by atoms with Gasteiger partial charge in [-0.3, -0.25) is 0 Å². The molecule has 0 heterocycles. The number of aliphatic hydroxyl groups is 1. The Kier molecular flexibility index (Phi) is 5.45. The fraction of sp³-hybridized carbons (Fsp3) is 1.00. The second kappa shape index (κ2) is 6.42. The average molecular weight is 184 g/mol. The molecule has 1 aliphatic rings. The standard InChI is InChI=1S/C12H24O/c1-2-3-4-5-10-12(13)11-8-6-7-9-11/h11-13H,2-10H2,1H3/t12-/m0/s1. The molecule has 1 N–H and O–H groups in total. The van der Waals surface area contributed by atoms with Gasteiger partial charge in [0.25, 0.3) is 0 Å². The van der Waals surface area contributed by atoms with Crippen LogP contribution in [0.4, 0.5) is 0 Å². The molecule has 0 saturated heterocycles. The first kappa shape index (κ1) is 11.0. The lowest BCUT2D eigenvalue weighted by Crippen LogP contribution is -2.17. The minimum absolute atomic E-state index is 0.0133. The fourth-order valence-electron chi connectivity index (χ4n) is 2.36. The summed E-state index contributed by atoms with van der Waals surface area (Å²) >= 11 is 0. The minimum Gasteiger partial charge on any atom is -0.393 e. The van der Waals surface area contributed by atoms with Gasteiger partial charge < -0.3 is 5.11 Å². The van der Waals surface area contributed by atoms with Crippen LogP contribution in [0.25, 0.3) is 0 Å². The van der Waals surface area contributed by atoms with Crippen LogP contribution in [0.1, 0.15) is 64.7 Å². The highest BCUT2D eigenvalue weighted by atomic mass is 16.3. The highest BCUT2D eigenvalue weighted by Gasteiger charge is 2.22. The third-order valence-corrected chi connectivity index (χ3v) is 3.30. The Hall–Kier alpha value is -0.0400. The minimum atomic E-state index is 0.0133. The Labute approximate surface area is 82.5 Å². The monoisotopic (exact) mass is 184 g/mol. The summed E-state index contributed by atoms with van der Waals surface area (Å²) < 4.78 is 0. The molecule has 1 heteroatoms. The number of hydrogen-bond acceptors (Lipinski definition) is 1. The van der Waals surface area contributed by atoms with E-state index in [9.17, 15) is 5.11 Å². The molecular formula is C12H24O. The van der Waals surface area contributed by atoms with Gasteiger partial charge >= 0.3 is 0 Å². The van der Waals surface area contributed by atoms with Crippen molar-refractivity contribution < 1.29 is 5.11 Å². The molecule has 0 radical (unpaired) electrons. The van der Waals surface area contributed by atoms with Crippen molar-refractivity contribution in [1.29, 1.82) is 0 Å². The van der Waals surface area contributed by atoms with Gasteiger partial charge in [0.2, 0.25) is 0 Å². The molecule has 0 unspecified atom stereocenters. The highest BCUT2D eigenvalue weighted by Crippen LogP contribution is 2.29. The number of hydrogen-bond donors (Lipinski definition) is 1. The van der Waals surface area contributed by atoms with E-state index in [4.69, 9.17) is 0 Å². The lowest BCUT2D eigenvalue weighted by molar-refractivity contribution is 0.0989. The van der Waals surface area contributed by atoms with Crippen molar-refractivity contribution in [1.82, 2.24) is 0 Å². The fourth-order valence-corrected chi connectivity index (χ4v) is 2.36. The Morgan fingerprint density at radius 1 is 1.15 bits per heavy atom. The first-order valence-electron chi connectivity index (χ1n) is 6.02. The lowest BCUT2D eigenvalue weighted by Gasteiger charge is -2.17. The van der Waals surface area contributed by atoms with Crippen LogP contribution in [0, 0.1) is 5.92 Å². The van der Waals surface area contributed by atoms with Gasteiger partial charge in [-0.1, -0.05) is 45.4 Å². The predicted octanol–water partition coefficient (Wildman–Crippen LogP) is 3.51. The summed E-state index contributed by atoms with van der Waals surface area (Å²) in [4.78, 5) is 0. The molecule has 0 spiro atoms. The first-order chi connectivity index (χ1) is 6.34. The van der Waals surface area contributed by atoms with Crippen molar-refractivity contribution in [3.8, 4) is 0 Å². The van der Waals surface area contributed by atoms with Crippen LogP contribution in [0.2, 0.25) is 0 Å². The van der Waals surface area contributed by atoms with Gasteiger partial charge in [-0.15, -0.1) is 0 Å². The van der Waals surface area contributed by atoms with E-state index in [1.165, 1.54) is 51.4 Å². The van der Waals surface area contributed by atoms with Crippen LogP contribution in [-0.4, -0.2) is 11.2 Å². The molecule has 1 saturated carbocycles. The highest BCUT2D eigenvalue weighted by molar-refractivity contribution is 4.74. The number of unbranched alkanes of at least 4 members (excludes halogenated alkanes) is 3. The molecule has 0 aromatic rings. The summed E-state index contributed by atoms with van der Waals surface area (Å²) in [6.07, 6.45) is 11.4. The molecular weight excluding hydrogens is 160 g/mol. The molecule has 0 bridgehead atoms. The van der Waals surface area contributed by atoms with Crippen LogP contribution in [0.15, 0.2) is 0 Å². The lowest BCUT2D eigenvalue weighted by atomic mass is 9.96. The maximum absolute atomic E-state index is 9.85. The molecule has 13 heavy (non-hydrogen) atoms. The molecule has 0 aromatic heterocycles. The smallest absolute Gasteiger partial charge is 0.0568 e. The Morgan fingerprint density at radius 2 is 1.85 bits per heavy atom. The van der Waals surface area contributed by atoms with Crippen LogP contribution in [0.3, 0.4) is 0 Å². The molecule has 1 atom stereocenters. The van der Waals surface area contributed by atoms with Crippen molar-refractivity contribution in [3.05, 3.63) is 0 Å². The van der Waals surface area contributed by atoms with Crippen LogP contribution in [-0.2, 0) is 0 Å². The van der Waals surface area contributed by atoms with Gasteiger partial charge in [-0.25, -0.2) is 0 Å². The zero-order chi connectivity index (χ0) is 9.52. The van der Waals surface area contributed by atoms with Crippen molar-refractivity contribution in [3.63, 3.8) is 0 Å². The summed E-state index contributed by atoms with van der Waals surface area (Å²) in [6, 6.07) is 0. The van der Waals surface area contributed by atoms with Crippen LogP contribution >= 0.6 is 0 Å². The Balaban J connectivity index is 1.99. The summed E-state index contributed by atoms with van der Waals surface area (Å²) in [5.74, 6) is 0.640. The maximum atomic E-state index is 9.85. The van der Waals surface area contributed by atoms with Gasteiger partial charge in [0.1, 0.15) is 0 Å². The maximum Gasteiger partial charge on any atom is 0.0568 e. The SMILES string of the molecule is CCCCCC[C@H](O)C1CCCC1. The van der Waals surface area contributed by atoms with E-state index >= 15 is 0 Å². The summed E-state index contributed by atoms with van der Waals surface area (Å²) in [7, 11) is 0. The van der Waals surface area contributed by atoms with E-state index in [0.717, 1.165) is 6.42 Å². The van der Waals surface area contributed by atoms with Crippen molar-refractivity contribution >= 4 is 0 Å². The normalized spacial score (nSPS) is 20.8.